The maximum atomic E-state index is 12.8. The maximum absolute atomic E-state index is 12.8. The van der Waals surface area contributed by atoms with Crippen LogP contribution in [0.2, 0.25) is 0 Å². The van der Waals surface area contributed by atoms with Crippen LogP contribution >= 0.6 is 0 Å². The van der Waals surface area contributed by atoms with Gasteiger partial charge in [0.25, 0.3) is 0 Å². The van der Waals surface area contributed by atoms with E-state index in [1.54, 1.807) is 11.7 Å². The molecule has 30 heavy (non-hydrogen) atoms. The Bertz CT molecular complexity index is 953. The van der Waals surface area contributed by atoms with Crippen molar-refractivity contribution in [2.45, 2.75) is 39.0 Å². The fourth-order valence-corrected chi connectivity index (χ4v) is 4.40. The topological polar surface area (TPSA) is 103 Å². The van der Waals surface area contributed by atoms with E-state index in [2.05, 4.69) is 27.8 Å². The number of amides is 2. The van der Waals surface area contributed by atoms with Gasteiger partial charge in [-0.1, -0.05) is 25.1 Å². The summed E-state index contributed by atoms with van der Waals surface area (Å²) in [5.41, 5.74) is 5.81. The van der Waals surface area contributed by atoms with E-state index in [9.17, 15) is 9.59 Å². The molecule has 7 heteroatoms. The Morgan fingerprint density at radius 1 is 1.13 bits per heavy atom. The summed E-state index contributed by atoms with van der Waals surface area (Å²) in [4.78, 5) is 28.9. The van der Waals surface area contributed by atoms with Gasteiger partial charge in [-0.05, 0) is 79.6 Å². The molecule has 2 amide bonds. The van der Waals surface area contributed by atoms with E-state index in [0.29, 0.717) is 18.7 Å². The Kier molecular flexibility index (Phi) is 5.83. The second-order valence-corrected chi connectivity index (χ2v) is 8.59. The van der Waals surface area contributed by atoms with E-state index >= 15 is 0 Å². The van der Waals surface area contributed by atoms with Crippen LogP contribution in [0.3, 0.4) is 0 Å². The molecule has 1 saturated heterocycles. The summed E-state index contributed by atoms with van der Waals surface area (Å²) < 4.78 is 0. The summed E-state index contributed by atoms with van der Waals surface area (Å²) in [6, 6.07) is 10.1. The molecule has 1 aromatic heterocycles. The number of anilines is 1. The number of fused-ring (bicyclic) bond motifs is 1. The van der Waals surface area contributed by atoms with Crippen molar-refractivity contribution in [2.24, 2.45) is 11.3 Å². The van der Waals surface area contributed by atoms with Gasteiger partial charge in [-0.3, -0.25) is 14.8 Å². The number of aromatic nitrogens is 1. The SMILES string of the molecule is CC1(C(=O)Nc2cc(-c3ccc4c(c3)CCC(C(=O)NO)C4)ccn2)CCNCC1. The molecule has 7 nitrogen and oxygen atoms in total. The van der Waals surface area contributed by atoms with Gasteiger partial charge in [-0.2, -0.15) is 0 Å². The van der Waals surface area contributed by atoms with E-state index in [1.165, 1.54) is 5.56 Å². The largest absolute Gasteiger partial charge is 0.317 e. The molecule has 0 bridgehead atoms. The van der Waals surface area contributed by atoms with Crippen molar-refractivity contribution in [3.63, 3.8) is 0 Å². The van der Waals surface area contributed by atoms with Crippen LogP contribution in [0.15, 0.2) is 36.5 Å². The lowest BCUT2D eigenvalue weighted by molar-refractivity contribution is -0.133. The highest BCUT2D eigenvalue weighted by molar-refractivity contribution is 5.94. The molecule has 1 aliphatic heterocycles. The predicted molar refractivity (Wildman–Crippen MR) is 114 cm³/mol. The molecule has 1 unspecified atom stereocenters. The van der Waals surface area contributed by atoms with Crippen molar-refractivity contribution in [1.29, 1.82) is 0 Å². The number of pyridine rings is 1. The minimum absolute atomic E-state index is 0.0206. The number of hydrogen-bond donors (Lipinski definition) is 4. The molecular weight excluding hydrogens is 380 g/mol. The number of carbonyl (C=O) groups is 2. The Hall–Kier alpha value is -2.77. The van der Waals surface area contributed by atoms with Gasteiger partial charge in [0.15, 0.2) is 0 Å². The molecule has 1 aliphatic carbocycles. The molecule has 1 atom stereocenters. The number of hydroxylamine groups is 1. The Balaban J connectivity index is 1.50. The van der Waals surface area contributed by atoms with Crippen LogP contribution in [0.5, 0.6) is 0 Å². The normalized spacial score (nSPS) is 20.1. The lowest BCUT2D eigenvalue weighted by atomic mass is 9.80. The van der Waals surface area contributed by atoms with Crippen molar-refractivity contribution in [3.05, 3.63) is 47.7 Å². The molecule has 2 aromatic rings. The zero-order valence-corrected chi connectivity index (χ0v) is 17.2. The number of hydrogen-bond acceptors (Lipinski definition) is 5. The summed E-state index contributed by atoms with van der Waals surface area (Å²) in [6.07, 6.45) is 5.50. The van der Waals surface area contributed by atoms with Crippen molar-refractivity contribution in [1.82, 2.24) is 15.8 Å². The summed E-state index contributed by atoms with van der Waals surface area (Å²) in [5, 5.41) is 15.2. The lowest BCUT2D eigenvalue weighted by Gasteiger charge is -2.32. The highest BCUT2D eigenvalue weighted by Crippen LogP contribution is 2.32. The highest BCUT2D eigenvalue weighted by Gasteiger charge is 2.34. The number of rotatable bonds is 4. The van der Waals surface area contributed by atoms with Gasteiger partial charge < -0.3 is 10.6 Å². The second kappa shape index (κ2) is 8.53. The van der Waals surface area contributed by atoms with Crippen LogP contribution < -0.4 is 16.1 Å². The number of aryl methyl sites for hydroxylation is 1. The average Bonchev–Trinajstić information content (AvgIpc) is 2.78. The molecule has 0 saturated carbocycles. The first-order valence-corrected chi connectivity index (χ1v) is 10.5. The summed E-state index contributed by atoms with van der Waals surface area (Å²) in [6.45, 7) is 3.72. The van der Waals surface area contributed by atoms with E-state index in [1.807, 2.05) is 25.1 Å². The molecule has 0 spiro atoms. The van der Waals surface area contributed by atoms with Crippen molar-refractivity contribution in [2.75, 3.05) is 18.4 Å². The molecular formula is C23H28N4O3. The van der Waals surface area contributed by atoms with Gasteiger partial charge >= 0.3 is 0 Å². The summed E-state index contributed by atoms with van der Waals surface area (Å²) >= 11 is 0. The fourth-order valence-electron chi connectivity index (χ4n) is 4.40. The van der Waals surface area contributed by atoms with Gasteiger partial charge in [-0.15, -0.1) is 0 Å². The van der Waals surface area contributed by atoms with Crippen LogP contribution in [0, 0.1) is 11.3 Å². The smallest absolute Gasteiger partial charge is 0.246 e. The van der Waals surface area contributed by atoms with E-state index < -0.39 is 0 Å². The first kappa shape index (κ1) is 20.5. The van der Waals surface area contributed by atoms with Crippen molar-refractivity contribution < 1.29 is 14.8 Å². The van der Waals surface area contributed by atoms with Crippen LogP contribution in [-0.4, -0.2) is 35.1 Å². The first-order valence-electron chi connectivity index (χ1n) is 10.5. The molecule has 0 radical (unpaired) electrons. The van der Waals surface area contributed by atoms with Crippen LogP contribution in [-0.2, 0) is 22.4 Å². The molecule has 1 aromatic carbocycles. The monoisotopic (exact) mass is 408 g/mol. The van der Waals surface area contributed by atoms with Gasteiger partial charge in [0, 0.05) is 17.5 Å². The Morgan fingerprint density at radius 2 is 1.90 bits per heavy atom. The first-order chi connectivity index (χ1) is 14.5. The van der Waals surface area contributed by atoms with Crippen molar-refractivity contribution >= 4 is 17.6 Å². The third kappa shape index (κ3) is 4.22. The lowest BCUT2D eigenvalue weighted by Crippen LogP contribution is -2.42. The van der Waals surface area contributed by atoms with Crippen molar-refractivity contribution in [3.8, 4) is 11.1 Å². The molecule has 1 fully saturated rings. The minimum Gasteiger partial charge on any atom is -0.317 e. The van der Waals surface area contributed by atoms with E-state index in [-0.39, 0.29) is 23.1 Å². The molecule has 4 rings (SSSR count). The van der Waals surface area contributed by atoms with Gasteiger partial charge in [0.2, 0.25) is 11.8 Å². The number of benzene rings is 1. The zero-order valence-electron chi connectivity index (χ0n) is 17.2. The average molecular weight is 409 g/mol. The zero-order chi connectivity index (χ0) is 21.1. The van der Waals surface area contributed by atoms with Crippen LogP contribution in [0.25, 0.3) is 11.1 Å². The standard InChI is InChI=1S/C23H28N4O3/c1-23(7-10-24-11-8-23)22(29)26-20-14-18(6-9-25-20)16-2-3-17-13-19(21(28)27-30)5-4-15(17)12-16/h2-3,6,9,12,14,19,24,30H,4-5,7-8,10-11,13H2,1H3,(H,27,28)(H,25,26,29). The van der Waals surface area contributed by atoms with Crippen LogP contribution in [0.1, 0.15) is 37.3 Å². The Labute approximate surface area is 176 Å². The maximum Gasteiger partial charge on any atom is 0.246 e. The number of nitrogens with zero attached hydrogens (tertiary/aromatic N) is 1. The second-order valence-electron chi connectivity index (χ2n) is 8.59. The quantitative estimate of drug-likeness (QED) is 0.460. The number of nitrogens with one attached hydrogen (secondary N) is 3. The fraction of sp³-hybridized carbons (Fsp3) is 0.435. The summed E-state index contributed by atoms with van der Waals surface area (Å²) in [7, 11) is 0. The van der Waals surface area contributed by atoms with Gasteiger partial charge in [0.1, 0.15) is 5.82 Å². The third-order valence-corrected chi connectivity index (χ3v) is 6.51. The third-order valence-electron chi connectivity index (χ3n) is 6.51. The molecule has 2 aliphatic rings. The van der Waals surface area contributed by atoms with Gasteiger partial charge in [-0.25, -0.2) is 10.5 Å². The number of piperidine rings is 1. The molecule has 2 heterocycles. The highest BCUT2D eigenvalue weighted by atomic mass is 16.5. The Morgan fingerprint density at radius 3 is 2.67 bits per heavy atom. The number of carbonyl (C=O) groups excluding carboxylic acids is 2. The summed E-state index contributed by atoms with van der Waals surface area (Å²) in [5.74, 6) is 0.0797. The molecule has 158 valence electrons. The minimum atomic E-state index is -0.369. The van der Waals surface area contributed by atoms with E-state index in [4.69, 9.17) is 5.21 Å². The van der Waals surface area contributed by atoms with E-state index in [0.717, 1.165) is 49.0 Å². The predicted octanol–water partition coefficient (Wildman–Crippen LogP) is 2.69. The van der Waals surface area contributed by atoms with Crippen LogP contribution in [0.4, 0.5) is 5.82 Å². The molecule has 4 N–H and O–H groups in total. The van der Waals surface area contributed by atoms with Gasteiger partial charge in [0.05, 0.1) is 0 Å².